The Hall–Kier alpha value is -1.35. The summed E-state index contributed by atoms with van der Waals surface area (Å²) in [6.07, 6.45) is 0. The number of hydrogen-bond donors (Lipinski definition) is 1. The van der Waals surface area contributed by atoms with Crippen LogP contribution in [0.4, 0.5) is 0 Å². The molecule has 14 heavy (non-hydrogen) atoms. The summed E-state index contributed by atoms with van der Waals surface area (Å²) in [6, 6.07) is 7.53. The zero-order valence-electron chi connectivity index (χ0n) is 8.70. The van der Waals surface area contributed by atoms with Crippen molar-refractivity contribution in [3.63, 3.8) is 0 Å². The Morgan fingerprint density at radius 2 is 2.00 bits per heavy atom. The molecule has 0 aromatic heterocycles. The fraction of sp³-hybridized carbons (Fsp3) is 0.364. The Morgan fingerprint density at radius 1 is 1.43 bits per heavy atom. The minimum atomic E-state index is -1.07. The van der Waals surface area contributed by atoms with Gasteiger partial charge in [-0.3, -0.25) is 0 Å². The largest absolute Gasteiger partial charge is 0.467 e. The maximum absolute atomic E-state index is 11.4. The van der Waals surface area contributed by atoms with E-state index in [0.717, 1.165) is 11.1 Å². The molecular weight excluding hydrogens is 178 g/mol. The molecule has 3 heteroatoms. The molecule has 0 aliphatic carbocycles. The molecule has 1 aromatic carbocycles. The van der Waals surface area contributed by atoms with Crippen molar-refractivity contribution in [3.05, 3.63) is 35.4 Å². The third-order valence-corrected chi connectivity index (χ3v) is 2.31. The molecule has 0 bridgehead atoms. The van der Waals surface area contributed by atoms with E-state index >= 15 is 0 Å². The minimum absolute atomic E-state index is 0.424. The van der Waals surface area contributed by atoms with Crippen molar-refractivity contribution < 1.29 is 9.53 Å². The van der Waals surface area contributed by atoms with E-state index in [1.165, 1.54) is 7.11 Å². The summed E-state index contributed by atoms with van der Waals surface area (Å²) in [5, 5.41) is 0. The maximum Gasteiger partial charge on any atom is 0.330 e. The Bertz CT molecular complexity index is 345. The lowest BCUT2D eigenvalue weighted by molar-refractivity contribution is -0.146. The predicted molar refractivity (Wildman–Crippen MR) is 54.7 cm³/mol. The number of nitrogens with two attached hydrogens (primary N) is 1. The van der Waals surface area contributed by atoms with E-state index in [9.17, 15) is 4.79 Å². The molecule has 0 spiro atoms. The summed E-state index contributed by atoms with van der Waals surface area (Å²) in [4.78, 5) is 11.4. The molecule has 1 aromatic rings. The number of hydrogen-bond acceptors (Lipinski definition) is 3. The molecule has 0 heterocycles. The summed E-state index contributed by atoms with van der Waals surface area (Å²) in [6.45, 7) is 3.57. The van der Waals surface area contributed by atoms with Gasteiger partial charge in [0.05, 0.1) is 7.11 Å². The first-order valence-corrected chi connectivity index (χ1v) is 4.43. The first-order valence-electron chi connectivity index (χ1n) is 4.43. The molecule has 0 aliphatic heterocycles. The highest BCUT2D eigenvalue weighted by molar-refractivity contribution is 5.82. The van der Waals surface area contributed by atoms with Gasteiger partial charge in [-0.1, -0.05) is 24.3 Å². The van der Waals surface area contributed by atoms with Crippen LogP contribution in [0, 0.1) is 6.92 Å². The van der Waals surface area contributed by atoms with Crippen LogP contribution in [0.2, 0.25) is 0 Å². The first kappa shape index (κ1) is 10.7. The van der Waals surface area contributed by atoms with Gasteiger partial charge in [0.15, 0.2) is 0 Å². The van der Waals surface area contributed by atoms with Gasteiger partial charge in [-0.25, -0.2) is 4.79 Å². The predicted octanol–water partition coefficient (Wildman–Crippen LogP) is 1.34. The van der Waals surface area contributed by atoms with Gasteiger partial charge in [0, 0.05) is 0 Å². The zero-order valence-corrected chi connectivity index (χ0v) is 8.70. The normalized spacial score (nSPS) is 14.6. The fourth-order valence-electron chi connectivity index (χ4n) is 1.48. The number of benzene rings is 1. The van der Waals surface area contributed by atoms with Crippen LogP contribution in [-0.2, 0) is 15.1 Å². The molecule has 1 rings (SSSR count). The second-order valence-electron chi connectivity index (χ2n) is 3.51. The number of esters is 1. The summed E-state index contributed by atoms with van der Waals surface area (Å²) in [7, 11) is 1.34. The highest BCUT2D eigenvalue weighted by atomic mass is 16.5. The lowest BCUT2D eigenvalue weighted by Gasteiger charge is -2.23. The minimum Gasteiger partial charge on any atom is -0.467 e. The lowest BCUT2D eigenvalue weighted by atomic mass is 9.90. The Balaban J connectivity index is 3.16. The zero-order chi connectivity index (χ0) is 10.8. The molecule has 76 valence electrons. The van der Waals surface area contributed by atoms with E-state index in [-0.39, 0.29) is 0 Å². The van der Waals surface area contributed by atoms with Crippen molar-refractivity contribution in [3.8, 4) is 0 Å². The third kappa shape index (κ3) is 1.77. The SMILES string of the molecule is COC(=O)[C@](C)(N)c1ccccc1C. The molecule has 1 atom stereocenters. The van der Waals surface area contributed by atoms with Crippen LogP contribution in [-0.4, -0.2) is 13.1 Å². The van der Waals surface area contributed by atoms with E-state index in [4.69, 9.17) is 5.73 Å². The van der Waals surface area contributed by atoms with Crippen LogP contribution in [0.1, 0.15) is 18.1 Å². The summed E-state index contributed by atoms with van der Waals surface area (Å²) < 4.78 is 4.66. The lowest BCUT2D eigenvalue weighted by Crippen LogP contribution is -2.43. The average Bonchev–Trinajstić information content (AvgIpc) is 2.17. The Labute approximate surface area is 83.9 Å². The summed E-state index contributed by atoms with van der Waals surface area (Å²) in [5.74, 6) is -0.424. The molecule has 0 unspecified atom stereocenters. The monoisotopic (exact) mass is 193 g/mol. The second kappa shape index (κ2) is 3.80. The van der Waals surface area contributed by atoms with Gasteiger partial charge in [-0.15, -0.1) is 0 Å². The standard InChI is InChI=1S/C11H15NO2/c1-8-6-4-5-7-9(8)11(2,12)10(13)14-3/h4-7H,12H2,1-3H3/t11-/m1/s1. The summed E-state index contributed by atoms with van der Waals surface area (Å²) >= 11 is 0. The number of rotatable bonds is 2. The van der Waals surface area contributed by atoms with Crippen LogP contribution in [0.5, 0.6) is 0 Å². The molecule has 2 N–H and O–H groups in total. The average molecular weight is 193 g/mol. The fourth-order valence-corrected chi connectivity index (χ4v) is 1.48. The third-order valence-electron chi connectivity index (χ3n) is 2.31. The van der Waals surface area contributed by atoms with E-state index < -0.39 is 11.5 Å². The van der Waals surface area contributed by atoms with Crippen molar-refractivity contribution in [1.82, 2.24) is 0 Å². The van der Waals surface area contributed by atoms with Crippen molar-refractivity contribution in [2.75, 3.05) is 7.11 Å². The maximum atomic E-state index is 11.4. The molecule has 0 radical (unpaired) electrons. The van der Waals surface area contributed by atoms with Crippen LogP contribution < -0.4 is 5.73 Å². The van der Waals surface area contributed by atoms with Crippen LogP contribution >= 0.6 is 0 Å². The number of aryl methyl sites for hydroxylation is 1. The molecule has 3 nitrogen and oxygen atoms in total. The number of carbonyl (C=O) groups is 1. The molecule has 0 fully saturated rings. The number of ether oxygens (including phenoxy) is 1. The Morgan fingerprint density at radius 3 is 2.50 bits per heavy atom. The van der Waals surface area contributed by atoms with Crippen LogP contribution in [0.3, 0.4) is 0 Å². The molecule has 0 saturated carbocycles. The van der Waals surface area contributed by atoms with Gasteiger partial charge in [-0.2, -0.15) is 0 Å². The van der Waals surface area contributed by atoms with E-state index in [0.29, 0.717) is 0 Å². The second-order valence-corrected chi connectivity index (χ2v) is 3.51. The molecular formula is C11H15NO2. The van der Waals surface area contributed by atoms with Crippen molar-refractivity contribution >= 4 is 5.97 Å². The van der Waals surface area contributed by atoms with Gasteiger partial charge < -0.3 is 10.5 Å². The van der Waals surface area contributed by atoms with Crippen molar-refractivity contribution in [2.45, 2.75) is 19.4 Å². The smallest absolute Gasteiger partial charge is 0.330 e. The van der Waals surface area contributed by atoms with Crippen LogP contribution in [0.15, 0.2) is 24.3 Å². The highest BCUT2D eigenvalue weighted by Crippen LogP contribution is 2.22. The van der Waals surface area contributed by atoms with Gasteiger partial charge in [0.25, 0.3) is 0 Å². The van der Waals surface area contributed by atoms with Gasteiger partial charge in [0.2, 0.25) is 0 Å². The van der Waals surface area contributed by atoms with Crippen molar-refractivity contribution in [1.29, 1.82) is 0 Å². The van der Waals surface area contributed by atoms with Gasteiger partial charge >= 0.3 is 5.97 Å². The first-order chi connectivity index (χ1) is 6.50. The number of carbonyl (C=O) groups excluding carboxylic acids is 1. The van der Waals surface area contributed by atoms with E-state index in [2.05, 4.69) is 4.74 Å². The molecule has 0 aliphatic rings. The quantitative estimate of drug-likeness (QED) is 0.721. The highest BCUT2D eigenvalue weighted by Gasteiger charge is 2.32. The van der Waals surface area contributed by atoms with E-state index in [1.807, 2.05) is 31.2 Å². The molecule has 0 saturated heterocycles. The van der Waals surface area contributed by atoms with Gasteiger partial charge in [0.1, 0.15) is 5.54 Å². The van der Waals surface area contributed by atoms with Gasteiger partial charge in [-0.05, 0) is 25.0 Å². The summed E-state index contributed by atoms with van der Waals surface area (Å²) in [5.41, 5.74) is 6.64. The Kier molecular flexibility index (Phi) is 2.91. The van der Waals surface area contributed by atoms with Crippen LogP contribution in [0.25, 0.3) is 0 Å². The molecule has 0 amide bonds. The topological polar surface area (TPSA) is 52.3 Å². The number of methoxy groups -OCH3 is 1. The van der Waals surface area contributed by atoms with E-state index in [1.54, 1.807) is 6.92 Å². The van der Waals surface area contributed by atoms with Crippen molar-refractivity contribution in [2.24, 2.45) is 5.73 Å².